The van der Waals surface area contributed by atoms with Gasteiger partial charge in [-0.05, 0) is 29.8 Å². The van der Waals surface area contributed by atoms with Crippen molar-refractivity contribution in [1.82, 2.24) is 4.72 Å². The minimum absolute atomic E-state index is 0.0929. The summed E-state index contributed by atoms with van der Waals surface area (Å²) in [6.45, 7) is 0. The highest BCUT2D eigenvalue weighted by Crippen LogP contribution is 2.24. The molecule has 2 rings (SSSR count). The maximum atomic E-state index is 13.7. The second-order valence-corrected chi connectivity index (χ2v) is 6.68. The van der Waals surface area contributed by atoms with Crippen molar-refractivity contribution in [3.05, 3.63) is 65.2 Å². The van der Waals surface area contributed by atoms with Crippen molar-refractivity contribution in [3.8, 4) is 0 Å². The largest absolute Gasteiger partial charge is 0.481 e. The van der Waals surface area contributed by atoms with E-state index in [1.165, 1.54) is 0 Å². The number of nitrogens with one attached hydrogen (secondary N) is 1. The van der Waals surface area contributed by atoms with Crippen molar-refractivity contribution in [2.45, 2.75) is 17.4 Å². The highest BCUT2D eigenvalue weighted by Gasteiger charge is 2.28. The number of hydrogen-bond donors (Lipinski definition) is 2. The van der Waals surface area contributed by atoms with E-state index in [9.17, 15) is 30.8 Å². The van der Waals surface area contributed by atoms with Crippen LogP contribution >= 0.6 is 0 Å². The highest BCUT2D eigenvalue weighted by atomic mass is 32.2. The molecule has 0 amide bonds. The summed E-state index contributed by atoms with van der Waals surface area (Å²) in [4.78, 5) is 9.77. The molecule has 0 aliphatic heterocycles. The van der Waals surface area contributed by atoms with Crippen LogP contribution in [0.1, 0.15) is 18.0 Å². The van der Waals surface area contributed by atoms with Gasteiger partial charge < -0.3 is 5.11 Å². The molecule has 0 aliphatic rings. The Morgan fingerprint density at radius 3 is 2.16 bits per heavy atom. The average molecular weight is 377 g/mol. The maximum absolute atomic E-state index is 13.7. The summed E-state index contributed by atoms with van der Waals surface area (Å²) < 4.78 is 79.3. The number of rotatable bonds is 6. The smallest absolute Gasteiger partial charge is 0.305 e. The van der Waals surface area contributed by atoms with E-state index in [1.807, 2.05) is 4.72 Å². The predicted octanol–water partition coefficient (Wildman–Crippen LogP) is 2.74. The van der Waals surface area contributed by atoms with Crippen LogP contribution in [0.25, 0.3) is 0 Å². The molecular formula is C15H11F4NO4S. The Morgan fingerprint density at radius 2 is 1.60 bits per heavy atom. The van der Waals surface area contributed by atoms with Gasteiger partial charge in [-0.15, -0.1) is 0 Å². The van der Waals surface area contributed by atoms with E-state index in [1.54, 1.807) is 0 Å². The molecule has 0 saturated carbocycles. The van der Waals surface area contributed by atoms with Gasteiger partial charge in [0.15, 0.2) is 17.5 Å². The fourth-order valence-corrected chi connectivity index (χ4v) is 3.36. The molecule has 0 bridgehead atoms. The molecule has 0 spiro atoms. The van der Waals surface area contributed by atoms with Crippen LogP contribution in [0.2, 0.25) is 0 Å². The average Bonchev–Trinajstić information content (AvgIpc) is 2.51. The summed E-state index contributed by atoms with van der Waals surface area (Å²) in [6, 6.07) is 3.82. The zero-order valence-electron chi connectivity index (χ0n) is 12.3. The van der Waals surface area contributed by atoms with Gasteiger partial charge in [-0.3, -0.25) is 4.79 Å². The van der Waals surface area contributed by atoms with Crippen LogP contribution in [0.15, 0.2) is 41.3 Å². The third kappa shape index (κ3) is 4.34. The quantitative estimate of drug-likeness (QED) is 0.599. The fraction of sp³-hybridized carbons (Fsp3) is 0.133. The van der Waals surface area contributed by atoms with Crippen molar-refractivity contribution in [3.63, 3.8) is 0 Å². The minimum atomic E-state index is -4.72. The van der Waals surface area contributed by atoms with Crippen molar-refractivity contribution in [2.24, 2.45) is 0 Å². The van der Waals surface area contributed by atoms with E-state index in [2.05, 4.69) is 0 Å². The van der Waals surface area contributed by atoms with Gasteiger partial charge >= 0.3 is 5.97 Å². The monoisotopic (exact) mass is 377 g/mol. The number of benzene rings is 2. The Labute approximate surface area is 140 Å². The molecule has 0 unspecified atom stereocenters. The lowest BCUT2D eigenvalue weighted by molar-refractivity contribution is -0.137. The van der Waals surface area contributed by atoms with Gasteiger partial charge in [0, 0.05) is 0 Å². The van der Waals surface area contributed by atoms with Crippen LogP contribution in [-0.2, 0) is 14.8 Å². The van der Waals surface area contributed by atoms with E-state index in [0.29, 0.717) is 12.1 Å². The van der Waals surface area contributed by atoms with Crippen LogP contribution in [0.4, 0.5) is 17.6 Å². The molecule has 0 radical (unpaired) electrons. The molecule has 0 saturated heterocycles. The standard InChI is InChI=1S/C15H11F4NO4S/c16-9-3-1-8(2-4-9)11(7-13(21)22)20-25(23,24)12-6-5-10(17)14(18)15(12)19/h1-6,11,20H,7H2,(H,21,22)/t11-/m0/s1. The Hall–Kier alpha value is -2.46. The third-order valence-corrected chi connectivity index (χ3v) is 4.73. The molecule has 0 fully saturated rings. The topological polar surface area (TPSA) is 83.5 Å². The Morgan fingerprint density at radius 1 is 1.00 bits per heavy atom. The van der Waals surface area contributed by atoms with Gasteiger partial charge in [-0.25, -0.2) is 30.7 Å². The molecule has 10 heteroatoms. The second-order valence-electron chi connectivity index (χ2n) is 5.00. The first-order valence-electron chi connectivity index (χ1n) is 6.75. The normalized spacial score (nSPS) is 12.8. The van der Waals surface area contributed by atoms with E-state index < -0.39 is 56.6 Å². The Balaban J connectivity index is 2.42. The van der Waals surface area contributed by atoms with Gasteiger partial charge in [0.25, 0.3) is 0 Å². The number of sulfonamides is 1. The summed E-state index contributed by atoms with van der Waals surface area (Å²) in [5.41, 5.74) is 0.0929. The summed E-state index contributed by atoms with van der Waals surface area (Å²) >= 11 is 0. The SMILES string of the molecule is O=C(O)C[C@H](NS(=O)(=O)c1ccc(F)c(F)c1F)c1ccc(F)cc1. The lowest BCUT2D eigenvalue weighted by Crippen LogP contribution is -2.31. The first-order chi connectivity index (χ1) is 11.6. The van der Waals surface area contributed by atoms with E-state index in [0.717, 1.165) is 24.3 Å². The molecule has 25 heavy (non-hydrogen) atoms. The molecule has 5 nitrogen and oxygen atoms in total. The Kier molecular flexibility index (Phi) is 5.43. The summed E-state index contributed by atoms with van der Waals surface area (Å²) in [5.74, 6) is -7.49. The molecule has 2 N–H and O–H groups in total. The van der Waals surface area contributed by atoms with E-state index in [-0.39, 0.29) is 5.56 Å². The van der Waals surface area contributed by atoms with Crippen LogP contribution in [0, 0.1) is 23.3 Å². The number of carboxylic acids is 1. The summed E-state index contributed by atoms with van der Waals surface area (Å²) in [7, 11) is -4.72. The molecule has 134 valence electrons. The van der Waals surface area contributed by atoms with Crippen LogP contribution < -0.4 is 4.72 Å². The summed E-state index contributed by atoms with van der Waals surface area (Å²) in [5, 5.41) is 8.91. The number of aliphatic carboxylic acids is 1. The van der Waals surface area contributed by atoms with Crippen LogP contribution in [-0.4, -0.2) is 19.5 Å². The number of halogens is 4. The third-order valence-electron chi connectivity index (χ3n) is 3.24. The molecular weight excluding hydrogens is 366 g/mol. The van der Waals surface area contributed by atoms with Gasteiger partial charge in [-0.1, -0.05) is 12.1 Å². The minimum Gasteiger partial charge on any atom is -0.481 e. The molecule has 2 aromatic rings. The van der Waals surface area contributed by atoms with Crippen molar-refractivity contribution < 1.29 is 35.9 Å². The van der Waals surface area contributed by atoms with Gasteiger partial charge in [0.05, 0.1) is 12.5 Å². The molecule has 1 atom stereocenters. The summed E-state index contributed by atoms with van der Waals surface area (Å²) in [6.07, 6.45) is -0.740. The van der Waals surface area contributed by atoms with Crippen molar-refractivity contribution in [2.75, 3.05) is 0 Å². The molecule has 0 aliphatic carbocycles. The Bertz CT molecular complexity index is 900. The first kappa shape index (κ1) is 18.9. The van der Waals surface area contributed by atoms with E-state index in [4.69, 9.17) is 5.11 Å². The number of hydrogen-bond acceptors (Lipinski definition) is 3. The van der Waals surface area contributed by atoms with Gasteiger partial charge in [-0.2, -0.15) is 0 Å². The molecule has 0 aromatic heterocycles. The lowest BCUT2D eigenvalue weighted by Gasteiger charge is -2.18. The second kappa shape index (κ2) is 7.19. The highest BCUT2D eigenvalue weighted by molar-refractivity contribution is 7.89. The van der Waals surface area contributed by atoms with Crippen LogP contribution in [0.3, 0.4) is 0 Å². The first-order valence-corrected chi connectivity index (χ1v) is 8.23. The predicted molar refractivity (Wildman–Crippen MR) is 78.0 cm³/mol. The van der Waals surface area contributed by atoms with Crippen molar-refractivity contribution in [1.29, 1.82) is 0 Å². The lowest BCUT2D eigenvalue weighted by atomic mass is 10.1. The number of carbonyl (C=O) groups is 1. The molecule has 2 aromatic carbocycles. The van der Waals surface area contributed by atoms with Gasteiger partial charge in [0.1, 0.15) is 10.7 Å². The maximum Gasteiger partial charge on any atom is 0.305 e. The van der Waals surface area contributed by atoms with Gasteiger partial charge in [0.2, 0.25) is 10.0 Å². The zero-order chi connectivity index (χ0) is 18.8. The van der Waals surface area contributed by atoms with Crippen LogP contribution in [0.5, 0.6) is 0 Å². The van der Waals surface area contributed by atoms with Crippen molar-refractivity contribution >= 4 is 16.0 Å². The zero-order valence-corrected chi connectivity index (χ0v) is 13.2. The molecule has 0 heterocycles. The fourth-order valence-electron chi connectivity index (χ4n) is 2.06. The number of carboxylic acid groups (broad SMARTS) is 1. The van der Waals surface area contributed by atoms with E-state index >= 15 is 0 Å².